The molecule has 0 radical (unpaired) electrons. The number of rotatable bonds is 3. The molecular formula is C11H16N2O. The van der Waals surface area contributed by atoms with Crippen LogP contribution in [-0.4, -0.2) is 12.6 Å². The van der Waals surface area contributed by atoms with Crippen molar-refractivity contribution in [1.82, 2.24) is 10.6 Å². The van der Waals surface area contributed by atoms with Crippen molar-refractivity contribution in [3.63, 3.8) is 0 Å². The minimum Gasteiger partial charge on any atom is -0.338 e. The maximum absolute atomic E-state index is 11.2. The number of carbonyl (C=O) groups excluding carboxylic acids is 1. The lowest BCUT2D eigenvalue weighted by molar-refractivity contribution is 0.238. The first-order chi connectivity index (χ1) is 6.74. The van der Waals surface area contributed by atoms with Crippen LogP contribution in [0.5, 0.6) is 0 Å². The second-order valence-corrected chi connectivity index (χ2v) is 3.14. The standard InChI is InChI=1S/C11H16N2O/c1-3-12-11(14)13-9(2)10-7-5-4-6-8-10/h4-9H,3H2,1-2H3,(H2,12,13,14)/t9-/m0/s1. The molecule has 0 spiro atoms. The van der Waals surface area contributed by atoms with Crippen molar-refractivity contribution >= 4 is 6.03 Å². The third-order valence-electron chi connectivity index (χ3n) is 1.98. The van der Waals surface area contributed by atoms with Crippen LogP contribution < -0.4 is 10.6 Å². The summed E-state index contributed by atoms with van der Waals surface area (Å²) in [6.45, 7) is 4.50. The SMILES string of the molecule is CCNC(=O)N[C@@H](C)c1ccccc1. The average Bonchev–Trinajstić information content (AvgIpc) is 2.19. The predicted molar refractivity (Wildman–Crippen MR) is 57.1 cm³/mol. The maximum Gasteiger partial charge on any atom is 0.315 e. The molecule has 0 heterocycles. The largest absolute Gasteiger partial charge is 0.338 e. The number of nitrogens with one attached hydrogen (secondary N) is 2. The highest BCUT2D eigenvalue weighted by atomic mass is 16.2. The van der Waals surface area contributed by atoms with Gasteiger partial charge in [-0.25, -0.2) is 4.79 Å². The highest BCUT2D eigenvalue weighted by Gasteiger charge is 2.06. The third-order valence-corrected chi connectivity index (χ3v) is 1.98. The van der Waals surface area contributed by atoms with E-state index in [1.165, 1.54) is 0 Å². The van der Waals surface area contributed by atoms with Crippen molar-refractivity contribution in [2.75, 3.05) is 6.54 Å². The van der Waals surface area contributed by atoms with Crippen LogP contribution in [0.1, 0.15) is 25.5 Å². The molecule has 1 aromatic carbocycles. The Kier molecular flexibility index (Phi) is 3.98. The molecule has 0 aliphatic carbocycles. The van der Waals surface area contributed by atoms with E-state index < -0.39 is 0 Å². The van der Waals surface area contributed by atoms with Gasteiger partial charge in [0.25, 0.3) is 0 Å². The molecule has 0 aromatic heterocycles. The zero-order valence-electron chi connectivity index (χ0n) is 8.58. The fourth-order valence-electron chi connectivity index (χ4n) is 1.23. The summed E-state index contributed by atoms with van der Waals surface area (Å²) in [6, 6.07) is 9.80. The first-order valence-electron chi connectivity index (χ1n) is 4.83. The second kappa shape index (κ2) is 5.27. The Morgan fingerprint density at radius 3 is 2.57 bits per heavy atom. The number of urea groups is 1. The molecule has 3 nitrogen and oxygen atoms in total. The van der Waals surface area contributed by atoms with Gasteiger partial charge in [-0.15, -0.1) is 0 Å². The highest BCUT2D eigenvalue weighted by Crippen LogP contribution is 2.10. The number of amides is 2. The molecule has 2 amide bonds. The Morgan fingerprint density at radius 1 is 1.36 bits per heavy atom. The van der Waals surface area contributed by atoms with Gasteiger partial charge in [-0.2, -0.15) is 0 Å². The molecule has 2 N–H and O–H groups in total. The molecule has 0 aliphatic rings. The van der Waals surface area contributed by atoms with Gasteiger partial charge >= 0.3 is 6.03 Å². The normalized spacial score (nSPS) is 11.9. The van der Waals surface area contributed by atoms with Crippen LogP contribution >= 0.6 is 0 Å². The monoisotopic (exact) mass is 192 g/mol. The fraction of sp³-hybridized carbons (Fsp3) is 0.364. The smallest absolute Gasteiger partial charge is 0.315 e. The molecule has 14 heavy (non-hydrogen) atoms. The molecule has 1 rings (SSSR count). The molecule has 0 bridgehead atoms. The summed E-state index contributed by atoms with van der Waals surface area (Å²) >= 11 is 0. The molecule has 0 unspecified atom stereocenters. The predicted octanol–water partition coefficient (Wildman–Crippen LogP) is 2.07. The van der Waals surface area contributed by atoms with Gasteiger partial charge in [0.05, 0.1) is 6.04 Å². The Morgan fingerprint density at radius 2 is 2.00 bits per heavy atom. The average molecular weight is 192 g/mol. The molecule has 0 fully saturated rings. The summed E-state index contributed by atoms with van der Waals surface area (Å²) in [4.78, 5) is 11.2. The van der Waals surface area contributed by atoms with Gasteiger partial charge in [-0.1, -0.05) is 30.3 Å². The van der Waals surface area contributed by atoms with E-state index in [1.807, 2.05) is 44.2 Å². The van der Waals surface area contributed by atoms with Crippen LogP contribution in [-0.2, 0) is 0 Å². The minimum atomic E-state index is -0.121. The quantitative estimate of drug-likeness (QED) is 0.756. The lowest BCUT2D eigenvalue weighted by Crippen LogP contribution is -2.36. The van der Waals surface area contributed by atoms with Crippen molar-refractivity contribution in [3.8, 4) is 0 Å². The van der Waals surface area contributed by atoms with E-state index in [4.69, 9.17) is 0 Å². The molecule has 1 atom stereocenters. The molecule has 3 heteroatoms. The van der Waals surface area contributed by atoms with Crippen LogP contribution in [0.2, 0.25) is 0 Å². The summed E-state index contributed by atoms with van der Waals surface area (Å²) in [5, 5.41) is 5.54. The van der Waals surface area contributed by atoms with Gasteiger partial charge in [0.15, 0.2) is 0 Å². The van der Waals surface area contributed by atoms with Gasteiger partial charge in [0.2, 0.25) is 0 Å². The minimum absolute atomic E-state index is 0.0442. The van der Waals surface area contributed by atoms with Crippen LogP contribution in [0.3, 0.4) is 0 Å². The van der Waals surface area contributed by atoms with Crippen molar-refractivity contribution in [1.29, 1.82) is 0 Å². The molecule has 0 aliphatic heterocycles. The van der Waals surface area contributed by atoms with Crippen LogP contribution in [0.15, 0.2) is 30.3 Å². The van der Waals surface area contributed by atoms with E-state index in [-0.39, 0.29) is 12.1 Å². The van der Waals surface area contributed by atoms with Crippen molar-refractivity contribution in [2.45, 2.75) is 19.9 Å². The van der Waals surface area contributed by atoms with E-state index in [1.54, 1.807) is 0 Å². The zero-order valence-corrected chi connectivity index (χ0v) is 8.58. The van der Waals surface area contributed by atoms with E-state index in [2.05, 4.69) is 10.6 Å². The second-order valence-electron chi connectivity index (χ2n) is 3.14. The number of benzene rings is 1. The van der Waals surface area contributed by atoms with E-state index in [0.29, 0.717) is 6.54 Å². The lowest BCUT2D eigenvalue weighted by Gasteiger charge is -2.14. The summed E-state index contributed by atoms with van der Waals surface area (Å²) in [7, 11) is 0. The molecule has 0 saturated carbocycles. The van der Waals surface area contributed by atoms with Gasteiger partial charge < -0.3 is 10.6 Å². The first kappa shape index (κ1) is 10.6. The zero-order chi connectivity index (χ0) is 10.4. The maximum atomic E-state index is 11.2. The fourth-order valence-corrected chi connectivity index (χ4v) is 1.23. The van der Waals surface area contributed by atoms with Crippen LogP contribution in [0.4, 0.5) is 4.79 Å². The van der Waals surface area contributed by atoms with Crippen LogP contribution in [0, 0.1) is 0 Å². The number of hydrogen-bond donors (Lipinski definition) is 2. The third kappa shape index (κ3) is 3.09. The van der Waals surface area contributed by atoms with Crippen LogP contribution in [0.25, 0.3) is 0 Å². The van der Waals surface area contributed by atoms with Gasteiger partial charge in [0.1, 0.15) is 0 Å². The lowest BCUT2D eigenvalue weighted by atomic mass is 10.1. The molecule has 0 saturated heterocycles. The Balaban J connectivity index is 2.50. The summed E-state index contributed by atoms with van der Waals surface area (Å²) < 4.78 is 0. The Hall–Kier alpha value is -1.51. The van der Waals surface area contributed by atoms with Crippen molar-refractivity contribution in [3.05, 3.63) is 35.9 Å². The van der Waals surface area contributed by atoms with Gasteiger partial charge in [0, 0.05) is 6.54 Å². The molecule has 76 valence electrons. The highest BCUT2D eigenvalue weighted by molar-refractivity contribution is 5.74. The number of hydrogen-bond acceptors (Lipinski definition) is 1. The van der Waals surface area contributed by atoms with E-state index >= 15 is 0 Å². The topological polar surface area (TPSA) is 41.1 Å². The van der Waals surface area contributed by atoms with Crippen molar-refractivity contribution in [2.24, 2.45) is 0 Å². The summed E-state index contributed by atoms with van der Waals surface area (Å²) in [5.41, 5.74) is 1.11. The van der Waals surface area contributed by atoms with Crippen molar-refractivity contribution < 1.29 is 4.79 Å². The first-order valence-corrected chi connectivity index (χ1v) is 4.83. The summed E-state index contributed by atoms with van der Waals surface area (Å²) in [6.07, 6.45) is 0. The molecule has 1 aromatic rings. The van der Waals surface area contributed by atoms with Gasteiger partial charge in [-0.05, 0) is 19.4 Å². The Bertz CT molecular complexity index is 285. The molecular weight excluding hydrogens is 176 g/mol. The summed E-state index contributed by atoms with van der Waals surface area (Å²) in [5.74, 6) is 0. The number of carbonyl (C=O) groups is 1. The Labute approximate surface area is 84.5 Å². The van der Waals surface area contributed by atoms with Gasteiger partial charge in [-0.3, -0.25) is 0 Å². The van der Waals surface area contributed by atoms with E-state index in [0.717, 1.165) is 5.56 Å². The van der Waals surface area contributed by atoms with E-state index in [9.17, 15) is 4.79 Å².